The van der Waals surface area contributed by atoms with Crippen molar-refractivity contribution in [3.63, 3.8) is 0 Å². The molecule has 0 saturated carbocycles. The van der Waals surface area contributed by atoms with Crippen LogP contribution in [0.15, 0.2) is 23.3 Å². The van der Waals surface area contributed by atoms with E-state index in [9.17, 15) is 4.79 Å². The summed E-state index contributed by atoms with van der Waals surface area (Å²) in [5.74, 6) is 0. The van der Waals surface area contributed by atoms with Gasteiger partial charge in [0, 0.05) is 40.4 Å². The number of nitrogens with zero attached hydrogens (tertiary/aromatic N) is 1. The zero-order valence-electron chi connectivity index (χ0n) is 12.5. The fourth-order valence-corrected chi connectivity index (χ4v) is 4.46. The number of aryl methyl sites for hydroxylation is 1. The monoisotopic (exact) mass is 315 g/mol. The summed E-state index contributed by atoms with van der Waals surface area (Å²) in [6, 6.07) is 2.10. The van der Waals surface area contributed by atoms with Gasteiger partial charge in [-0.15, -0.1) is 11.3 Å². The van der Waals surface area contributed by atoms with E-state index in [0.717, 1.165) is 51.0 Å². The van der Waals surface area contributed by atoms with Gasteiger partial charge in [0.15, 0.2) is 0 Å². The Morgan fingerprint density at radius 3 is 3.05 bits per heavy atom. The van der Waals surface area contributed by atoms with Crippen molar-refractivity contribution in [2.75, 3.05) is 7.11 Å². The Bertz CT molecular complexity index is 894. The van der Waals surface area contributed by atoms with Crippen LogP contribution in [0.1, 0.15) is 31.0 Å². The molecule has 0 aromatic carbocycles. The number of thiophene rings is 1. The third-order valence-electron chi connectivity index (χ3n) is 4.62. The van der Waals surface area contributed by atoms with Crippen molar-refractivity contribution in [1.29, 1.82) is 0 Å². The number of rotatable bonds is 2. The van der Waals surface area contributed by atoms with Crippen molar-refractivity contribution >= 4 is 21.4 Å². The molecule has 114 valence electrons. The Labute approximate surface area is 131 Å². The zero-order chi connectivity index (χ0) is 15.3. The van der Waals surface area contributed by atoms with Crippen LogP contribution in [0.2, 0.25) is 0 Å². The maximum absolute atomic E-state index is 12.4. The van der Waals surface area contributed by atoms with Crippen LogP contribution in [-0.2, 0) is 16.8 Å². The molecule has 0 aliphatic heterocycles. The Morgan fingerprint density at radius 1 is 1.45 bits per heavy atom. The third kappa shape index (κ3) is 1.87. The zero-order valence-corrected chi connectivity index (χ0v) is 13.3. The van der Waals surface area contributed by atoms with E-state index in [1.807, 2.05) is 6.20 Å². The van der Waals surface area contributed by atoms with Crippen molar-refractivity contribution in [3.05, 3.63) is 40.1 Å². The lowest BCUT2D eigenvalue weighted by atomic mass is 9.81. The molecule has 0 amide bonds. The van der Waals surface area contributed by atoms with E-state index in [2.05, 4.69) is 28.2 Å². The highest BCUT2D eigenvalue weighted by atomic mass is 32.1. The molecule has 3 aromatic heterocycles. The molecule has 0 spiro atoms. The second-order valence-corrected chi connectivity index (χ2v) is 6.99. The number of aromatic amines is 2. The van der Waals surface area contributed by atoms with Crippen LogP contribution in [-0.4, -0.2) is 22.3 Å². The summed E-state index contributed by atoms with van der Waals surface area (Å²) in [4.78, 5) is 16.5. The number of H-pyrrole nitrogens is 2. The van der Waals surface area contributed by atoms with E-state index in [4.69, 9.17) is 4.74 Å². The standard InChI is InChI=1S/C16H17N3O2S/c1-16(21-2)5-3-4-11-13(16)10-6-12(9-7-17-18-8-9)22-14(10)15(20)19-11/h6-8H,3-5H2,1-2H3,(H,17,18)(H,19,20). The smallest absolute Gasteiger partial charge is 0.266 e. The normalized spacial score (nSPS) is 21.2. The molecule has 0 radical (unpaired) electrons. The van der Waals surface area contributed by atoms with Gasteiger partial charge in [-0.2, -0.15) is 5.10 Å². The summed E-state index contributed by atoms with van der Waals surface area (Å²) in [6.07, 6.45) is 6.52. The summed E-state index contributed by atoms with van der Waals surface area (Å²) < 4.78 is 6.58. The quantitative estimate of drug-likeness (QED) is 0.763. The summed E-state index contributed by atoms with van der Waals surface area (Å²) in [5, 5.41) is 7.84. The first-order chi connectivity index (χ1) is 10.6. The van der Waals surface area contributed by atoms with Gasteiger partial charge in [0.1, 0.15) is 4.70 Å². The Kier molecular flexibility index (Phi) is 2.99. The van der Waals surface area contributed by atoms with Gasteiger partial charge >= 0.3 is 0 Å². The molecule has 1 atom stereocenters. The number of methoxy groups -OCH3 is 1. The molecule has 4 rings (SSSR count). The second-order valence-electron chi connectivity index (χ2n) is 5.94. The Hall–Kier alpha value is -1.92. The van der Waals surface area contributed by atoms with E-state index < -0.39 is 0 Å². The molecule has 0 saturated heterocycles. The minimum Gasteiger partial charge on any atom is -0.374 e. The average Bonchev–Trinajstić information content (AvgIpc) is 3.16. The molecule has 0 bridgehead atoms. The van der Waals surface area contributed by atoms with E-state index in [0.29, 0.717) is 0 Å². The van der Waals surface area contributed by atoms with E-state index in [-0.39, 0.29) is 11.2 Å². The molecule has 0 fully saturated rings. The van der Waals surface area contributed by atoms with Crippen molar-refractivity contribution in [2.24, 2.45) is 0 Å². The molecule has 1 aliphatic carbocycles. The largest absolute Gasteiger partial charge is 0.374 e. The summed E-state index contributed by atoms with van der Waals surface area (Å²) >= 11 is 1.51. The number of pyridine rings is 1. The molecule has 2 N–H and O–H groups in total. The average molecular weight is 315 g/mol. The molecule has 5 nitrogen and oxygen atoms in total. The lowest BCUT2D eigenvalue weighted by Gasteiger charge is -2.34. The van der Waals surface area contributed by atoms with Crippen LogP contribution in [0.4, 0.5) is 0 Å². The number of hydrogen-bond donors (Lipinski definition) is 2. The number of aromatic nitrogens is 3. The van der Waals surface area contributed by atoms with Crippen LogP contribution in [0.25, 0.3) is 20.5 Å². The SMILES string of the molecule is COC1(C)CCCc2[nH]c(=O)c3sc(-c4cn[nH]c4)cc3c21. The first-order valence-electron chi connectivity index (χ1n) is 7.36. The third-order valence-corrected chi connectivity index (χ3v) is 5.80. The van der Waals surface area contributed by atoms with Crippen molar-refractivity contribution in [2.45, 2.75) is 31.8 Å². The first-order valence-corrected chi connectivity index (χ1v) is 8.17. The summed E-state index contributed by atoms with van der Waals surface area (Å²) in [6.45, 7) is 2.11. The topological polar surface area (TPSA) is 70.8 Å². The van der Waals surface area contributed by atoms with Gasteiger partial charge in [-0.1, -0.05) is 0 Å². The van der Waals surface area contributed by atoms with E-state index >= 15 is 0 Å². The Morgan fingerprint density at radius 2 is 2.32 bits per heavy atom. The summed E-state index contributed by atoms with van der Waals surface area (Å²) in [7, 11) is 1.75. The van der Waals surface area contributed by atoms with Gasteiger partial charge in [-0.3, -0.25) is 9.89 Å². The van der Waals surface area contributed by atoms with Crippen LogP contribution in [0, 0.1) is 0 Å². The molecule has 22 heavy (non-hydrogen) atoms. The van der Waals surface area contributed by atoms with Crippen molar-refractivity contribution in [1.82, 2.24) is 15.2 Å². The van der Waals surface area contributed by atoms with Crippen LogP contribution < -0.4 is 5.56 Å². The summed E-state index contributed by atoms with van der Waals surface area (Å²) in [5.41, 5.74) is 2.81. The number of fused-ring (bicyclic) bond motifs is 3. The Balaban J connectivity index is 2.05. The van der Waals surface area contributed by atoms with Gasteiger partial charge in [0.2, 0.25) is 0 Å². The fourth-order valence-electron chi connectivity index (χ4n) is 3.42. The minimum atomic E-state index is -0.342. The maximum Gasteiger partial charge on any atom is 0.266 e. The van der Waals surface area contributed by atoms with Crippen LogP contribution in [0.3, 0.4) is 0 Å². The predicted octanol–water partition coefficient (Wildman–Crippen LogP) is 3.18. The predicted molar refractivity (Wildman–Crippen MR) is 87.3 cm³/mol. The molecule has 3 aromatic rings. The van der Waals surface area contributed by atoms with Crippen LogP contribution >= 0.6 is 11.3 Å². The molecule has 1 unspecified atom stereocenters. The maximum atomic E-state index is 12.4. The van der Waals surface area contributed by atoms with Gasteiger partial charge in [-0.05, 0) is 32.3 Å². The highest BCUT2D eigenvalue weighted by molar-refractivity contribution is 7.22. The lowest BCUT2D eigenvalue weighted by Crippen LogP contribution is -2.32. The molecule has 3 heterocycles. The fraction of sp³-hybridized carbons (Fsp3) is 0.375. The van der Waals surface area contributed by atoms with Crippen LogP contribution in [0.5, 0.6) is 0 Å². The van der Waals surface area contributed by atoms with Gasteiger partial charge in [-0.25, -0.2) is 0 Å². The number of hydrogen-bond acceptors (Lipinski definition) is 4. The molecule has 6 heteroatoms. The molecular formula is C16H17N3O2S. The first kappa shape index (κ1) is 13.7. The number of ether oxygens (including phenoxy) is 1. The van der Waals surface area contributed by atoms with E-state index in [1.54, 1.807) is 13.3 Å². The lowest BCUT2D eigenvalue weighted by molar-refractivity contribution is -0.0117. The van der Waals surface area contributed by atoms with Gasteiger partial charge < -0.3 is 9.72 Å². The van der Waals surface area contributed by atoms with E-state index in [1.165, 1.54) is 11.3 Å². The van der Waals surface area contributed by atoms with Crippen molar-refractivity contribution in [3.8, 4) is 10.4 Å². The number of nitrogens with one attached hydrogen (secondary N) is 2. The highest BCUT2D eigenvalue weighted by Gasteiger charge is 2.35. The minimum absolute atomic E-state index is 0.00570. The van der Waals surface area contributed by atoms with Crippen molar-refractivity contribution < 1.29 is 4.74 Å². The highest BCUT2D eigenvalue weighted by Crippen LogP contribution is 2.43. The van der Waals surface area contributed by atoms with Gasteiger partial charge in [0.05, 0.1) is 11.8 Å². The molecular weight excluding hydrogens is 298 g/mol. The molecule has 1 aliphatic rings. The van der Waals surface area contributed by atoms with Gasteiger partial charge in [0.25, 0.3) is 5.56 Å². The second kappa shape index (κ2) is 4.79.